The molecule has 2 rings (SSSR count). The van der Waals surface area contributed by atoms with Crippen molar-refractivity contribution in [3.63, 3.8) is 0 Å². The molecule has 122 valence electrons. The Balaban J connectivity index is 2.04. The van der Waals surface area contributed by atoms with Gasteiger partial charge < -0.3 is 15.4 Å². The minimum absolute atomic E-state index is 0.174. The SMILES string of the molecule is CN(Cc1cccc(OC(F)(F)F)c1)C(=O)C1(N)CCCC1. The van der Waals surface area contributed by atoms with Crippen LogP contribution >= 0.6 is 0 Å². The Morgan fingerprint density at radius 1 is 1.36 bits per heavy atom. The van der Waals surface area contributed by atoms with Crippen LogP contribution in [-0.4, -0.2) is 29.8 Å². The predicted molar refractivity (Wildman–Crippen MR) is 75.0 cm³/mol. The third-order valence-corrected chi connectivity index (χ3v) is 3.82. The van der Waals surface area contributed by atoms with Crippen molar-refractivity contribution in [3.8, 4) is 5.75 Å². The quantitative estimate of drug-likeness (QED) is 0.929. The molecule has 0 saturated heterocycles. The number of halogens is 3. The monoisotopic (exact) mass is 316 g/mol. The van der Waals surface area contributed by atoms with E-state index >= 15 is 0 Å². The Hall–Kier alpha value is -1.76. The van der Waals surface area contributed by atoms with Crippen molar-refractivity contribution in [1.82, 2.24) is 4.90 Å². The molecule has 1 aliphatic rings. The normalized spacial score (nSPS) is 17.3. The predicted octanol–water partition coefficient (Wildman–Crippen LogP) is 2.82. The van der Waals surface area contributed by atoms with Crippen LogP contribution < -0.4 is 10.5 Å². The van der Waals surface area contributed by atoms with E-state index in [9.17, 15) is 18.0 Å². The first-order chi connectivity index (χ1) is 10.2. The van der Waals surface area contributed by atoms with Crippen molar-refractivity contribution >= 4 is 5.91 Å². The van der Waals surface area contributed by atoms with Gasteiger partial charge in [-0.25, -0.2) is 0 Å². The average molecular weight is 316 g/mol. The molecule has 0 unspecified atom stereocenters. The summed E-state index contributed by atoms with van der Waals surface area (Å²) in [5.41, 5.74) is 5.82. The maximum atomic E-state index is 12.4. The number of likely N-dealkylation sites (N-methyl/N-ethyl adjacent to an activating group) is 1. The Morgan fingerprint density at radius 2 is 2.00 bits per heavy atom. The first-order valence-corrected chi connectivity index (χ1v) is 7.09. The maximum absolute atomic E-state index is 12.4. The molecule has 1 aromatic rings. The summed E-state index contributed by atoms with van der Waals surface area (Å²) in [4.78, 5) is 13.8. The lowest BCUT2D eigenvalue weighted by molar-refractivity contribution is -0.274. The number of hydrogen-bond donors (Lipinski definition) is 1. The highest BCUT2D eigenvalue weighted by atomic mass is 19.4. The summed E-state index contributed by atoms with van der Waals surface area (Å²) in [5, 5.41) is 0. The molecule has 1 fully saturated rings. The zero-order chi connectivity index (χ0) is 16.4. The minimum Gasteiger partial charge on any atom is -0.406 e. The topological polar surface area (TPSA) is 55.6 Å². The fraction of sp³-hybridized carbons (Fsp3) is 0.533. The molecule has 22 heavy (non-hydrogen) atoms. The lowest BCUT2D eigenvalue weighted by Gasteiger charge is -2.28. The first-order valence-electron chi connectivity index (χ1n) is 7.09. The Labute approximate surface area is 127 Å². The summed E-state index contributed by atoms with van der Waals surface area (Å²) >= 11 is 0. The van der Waals surface area contributed by atoms with Crippen LogP contribution in [0.2, 0.25) is 0 Å². The summed E-state index contributed by atoms with van der Waals surface area (Å²) in [7, 11) is 1.60. The molecule has 2 N–H and O–H groups in total. The van der Waals surface area contributed by atoms with Crippen LogP contribution in [0.15, 0.2) is 24.3 Å². The number of carbonyl (C=O) groups is 1. The fourth-order valence-corrected chi connectivity index (χ4v) is 2.79. The molecule has 1 aromatic carbocycles. The fourth-order valence-electron chi connectivity index (χ4n) is 2.79. The highest BCUT2D eigenvalue weighted by Gasteiger charge is 2.38. The maximum Gasteiger partial charge on any atom is 0.573 e. The molecule has 0 spiro atoms. The van der Waals surface area contributed by atoms with E-state index < -0.39 is 11.9 Å². The second-order valence-electron chi connectivity index (χ2n) is 5.72. The van der Waals surface area contributed by atoms with Gasteiger partial charge >= 0.3 is 6.36 Å². The van der Waals surface area contributed by atoms with Crippen molar-refractivity contribution in [2.45, 2.75) is 44.1 Å². The minimum atomic E-state index is -4.73. The van der Waals surface area contributed by atoms with Crippen molar-refractivity contribution < 1.29 is 22.7 Å². The van der Waals surface area contributed by atoms with Gasteiger partial charge in [-0.3, -0.25) is 4.79 Å². The van der Waals surface area contributed by atoms with E-state index in [4.69, 9.17) is 5.73 Å². The number of nitrogens with zero attached hydrogens (tertiary/aromatic N) is 1. The average Bonchev–Trinajstić information content (AvgIpc) is 2.84. The lowest BCUT2D eigenvalue weighted by atomic mass is 9.97. The third kappa shape index (κ3) is 4.13. The van der Waals surface area contributed by atoms with Crippen LogP contribution in [0.3, 0.4) is 0 Å². The number of ether oxygens (including phenoxy) is 1. The zero-order valence-electron chi connectivity index (χ0n) is 12.3. The highest BCUT2D eigenvalue weighted by molar-refractivity contribution is 5.86. The molecule has 0 atom stereocenters. The summed E-state index contributed by atoms with van der Waals surface area (Å²) < 4.78 is 40.5. The Bertz CT molecular complexity index is 540. The molecular weight excluding hydrogens is 297 g/mol. The van der Waals surface area contributed by atoms with Gasteiger partial charge in [0.2, 0.25) is 5.91 Å². The summed E-state index contributed by atoms with van der Waals surface area (Å²) in [5.74, 6) is -0.471. The van der Waals surface area contributed by atoms with Gasteiger partial charge in [0.25, 0.3) is 0 Å². The third-order valence-electron chi connectivity index (χ3n) is 3.82. The largest absolute Gasteiger partial charge is 0.573 e. The summed E-state index contributed by atoms with van der Waals surface area (Å²) in [6, 6.07) is 5.60. The standard InChI is InChI=1S/C15H19F3N2O2/c1-20(13(21)14(19)7-2-3-8-14)10-11-5-4-6-12(9-11)22-15(16,17)18/h4-6,9H,2-3,7-8,10,19H2,1H3. The van der Waals surface area contributed by atoms with Gasteiger partial charge in [0.1, 0.15) is 5.75 Å². The van der Waals surface area contributed by atoms with Gasteiger partial charge in [-0.1, -0.05) is 25.0 Å². The number of hydrogen-bond acceptors (Lipinski definition) is 3. The second-order valence-corrected chi connectivity index (χ2v) is 5.72. The number of alkyl halides is 3. The van der Waals surface area contributed by atoms with E-state index in [1.54, 1.807) is 13.1 Å². The van der Waals surface area contributed by atoms with Crippen LogP contribution in [-0.2, 0) is 11.3 Å². The van der Waals surface area contributed by atoms with Gasteiger partial charge in [0, 0.05) is 13.6 Å². The second kappa shape index (κ2) is 6.16. The van der Waals surface area contributed by atoms with E-state index in [0.29, 0.717) is 18.4 Å². The molecule has 0 radical (unpaired) electrons. The van der Waals surface area contributed by atoms with Crippen molar-refractivity contribution in [3.05, 3.63) is 29.8 Å². The number of rotatable bonds is 4. The Morgan fingerprint density at radius 3 is 2.59 bits per heavy atom. The van der Waals surface area contributed by atoms with Crippen LogP contribution in [0.5, 0.6) is 5.75 Å². The molecule has 0 bridgehead atoms. The molecule has 4 nitrogen and oxygen atoms in total. The van der Waals surface area contributed by atoms with E-state index in [2.05, 4.69) is 4.74 Å². The first kappa shape index (κ1) is 16.6. The molecule has 1 amide bonds. The summed E-state index contributed by atoms with van der Waals surface area (Å²) in [6.45, 7) is 0.187. The zero-order valence-corrected chi connectivity index (χ0v) is 12.3. The molecule has 0 heterocycles. The highest BCUT2D eigenvalue weighted by Crippen LogP contribution is 2.29. The number of carbonyl (C=O) groups excluding carboxylic acids is 1. The van der Waals surface area contributed by atoms with Crippen LogP contribution in [0.1, 0.15) is 31.2 Å². The molecule has 0 aliphatic heterocycles. The molecular formula is C15H19F3N2O2. The van der Waals surface area contributed by atoms with Crippen molar-refractivity contribution in [2.75, 3.05) is 7.05 Å². The number of benzene rings is 1. The number of amides is 1. The number of nitrogens with two attached hydrogens (primary N) is 1. The van der Waals surface area contributed by atoms with Crippen LogP contribution in [0.25, 0.3) is 0 Å². The molecule has 7 heteroatoms. The molecule has 0 aromatic heterocycles. The van der Waals surface area contributed by atoms with Gasteiger partial charge in [-0.2, -0.15) is 0 Å². The van der Waals surface area contributed by atoms with Gasteiger partial charge in [-0.15, -0.1) is 13.2 Å². The van der Waals surface area contributed by atoms with Gasteiger partial charge in [-0.05, 0) is 30.5 Å². The van der Waals surface area contributed by atoms with Crippen LogP contribution in [0, 0.1) is 0 Å². The smallest absolute Gasteiger partial charge is 0.406 e. The van der Waals surface area contributed by atoms with E-state index in [1.807, 2.05) is 0 Å². The van der Waals surface area contributed by atoms with E-state index in [1.165, 1.54) is 23.1 Å². The lowest BCUT2D eigenvalue weighted by Crippen LogP contribution is -2.52. The molecule has 1 aliphatic carbocycles. The van der Waals surface area contributed by atoms with Gasteiger partial charge in [0.15, 0.2) is 0 Å². The van der Waals surface area contributed by atoms with E-state index in [0.717, 1.165) is 12.8 Å². The van der Waals surface area contributed by atoms with Crippen LogP contribution in [0.4, 0.5) is 13.2 Å². The Kier molecular flexibility index (Phi) is 4.65. The summed E-state index contributed by atoms with van der Waals surface area (Å²) in [6.07, 6.45) is -1.59. The van der Waals surface area contributed by atoms with Crippen molar-refractivity contribution in [1.29, 1.82) is 0 Å². The van der Waals surface area contributed by atoms with E-state index in [-0.39, 0.29) is 18.2 Å². The van der Waals surface area contributed by atoms with Gasteiger partial charge in [0.05, 0.1) is 5.54 Å². The van der Waals surface area contributed by atoms with Crippen molar-refractivity contribution in [2.24, 2.45) is 5.73 Å². The molecule has 1 saturated carbocycles.